The fourth-order valence-corrected chi connectivity index (χ4v) is 1.28. The van der Waals surface area contributed by atoms with Crippen LogP contribution in [0.4, 0.5) is 0 Å². The molecule has 1 fully saturated rings. The molecule has 3 N–H and O–H groups in total. The number of carbonyl (C=O) groups is 1. The van der Waals surface area contributed by atoms with Crippen LogP contribution in [0.1, 0.15) is 35.8 Å². The van der Waals surface area contributed by atoms with Gasteiger partial charge in [-0.25, -0.2) is 10.5 Å². The monoisotopic (exact) mass is 181 g/mol. The summed E-state index contributed by atoms with van der Waals surface area (Å²) in [7, 11) is 0. The van der Waals surface area contributed by atoms with Crippen molar-refractivity contribution in [1.29, 1.82) is 0 Å². The molecule has 1 aliphatic rings. The van der Waals surface area contributed by atoms with E-state index in [4.69, 9.17) is 5.84 Å². The maximum Gasteiger partial charge on any atom is 0.287 e. The second-order valence-corrected chi connectivity index (χ2v) is 3.14. The first-order valence-electron chi connectivity index (χ1n) is 4.24. The first-order chi connectivity index (χ1) is 6.31. The van der Waals surface area contributed by atoms with Crippen LogP contribution in [-0.2, 0) is 0 Å². The quantitative estimate of drug-likeness (QED) is 0.369. The lowest BCUT2D eigenvalue weighted by atomic mass is 9.93. The number of hydrazine groups is 1. The van der Waals surface area contributed by atoms with Gasteiger partial charge >= 0.3 is 0 Å². The van der Waals surface area contributed by atoms with Crippen LogP contribution in [0.25, 0.3) is 0 Å². The number of hydrogen-bond acceptors (Lipinski definition) is 4. The molecule has 0 aliphatic heterocycles. The van der Waals surface area contributed by atoms with Crippen molar-refractivity contribution >= 4 is 5.91 Å². The van der Waals surface area contributed by atoms with E-state index >= 15 is 0 Å². The summed E-state index contributed by atoms with van der Waals surface area (Å²) in [5.74, 6) is 4.56. The second-order valence-electron chi connectivity index (χ2n) is 3.14. The normalized spacial score (nSPS) is 16.7. The van der Waals surface area contributed by atoms with Crippen molar-refractivity contribution in [3.8, 4) is 0 Å². The predicted octanol–water partition coefficient (Wildman–Crippen LogP) is -0.393. The highest BCUT2D eigenvalue weighted by Crippen LogP contribution is 2.30. The van der Waals surface area contributed by atoms with Crippen molar-refractivity contribution < 1.29 is 4.79 Å². The van der Waals surface area contributed by atoms with Crippen molar-refractivity contribution in [3.63, 3.8) is 0 Å². The largest absolute Gasteiger partial charge is 0.289 e. The number of amides is 1. The topological polar surface area (TPSA) is 85.8 Å². The van der Waals surface area contributed by atoms with Gasteiger partial charge in [0.15, 0.2) is 5.69 Å². The van der Waals surface area contributed by atoms with Crippen molar-refractivity contribution in [1.82, 2.24) is 20.4 Å². The summed E-state index contributed by atoms with van der Waals surface area (Å²) in [5, 5.41) is 7.57. The lowest BCUT2D eigenvalue weighted by Gasteiger charge is -2.24. The van der Waals surface area contributed by atoms with Gasteiger partial charge in [-0.05, 0) is 19.3 Å². The van der Waals surface area contributed by atoms with Gasteiger partial charge in [-0.15, -0.1) is 5.10 Å². The summed E-state index contributed by atoms with van der Waals surface area (Å²) in [4.78, 5) is 11.0. The minimum Gasteiger partial charge on any atom is -0.289 e. The molecule has 1 amide bonds. The number of rotatable bonds is 2. The van der Waals surface area contributed by atoms with Gasteiger partial charge in [0.25, 0.3) is 5.91 Å². The Bertz CT molecular complexity index is 316. The number of nitrogens with one attached hydrogen (secondary N) is 1. The zero-order valence-electron chi connectivity index (χ0n) is 7.10. The van der Waals surface area contributed by atoms with Crippen LogP contribution in [0.5, 0.6) is 0 Å². The van der Waals surface area contributed by atoms with Gasteiger partial charge in [0.1, 0.15) is 0 Å². The lowest BCUT2D eigenvalue weighted by Crippen LogP contribution is -2.30. The zero-order chi connectivity index (χ0) is 9.26. The van der Waals surface area contributed by atoms with E-state index in [0.717, 1.165) is 12.8 Å². The minimum absolute atomic E-state index is 0.273. The fraction of sp³-hybridized carbons (Fsp3) is 0.571. The summed E-state index contributed by atoms with van der Waals surface area (Å²) >= 11 is 0. The molecule has 70 valence electrons. The van der Waals surface area contributed by atoms with Crippen molar-refractivity contribution in [2.75, 3.05) is 0 Å². The zero-order valence-corrected chi connectivity index (χ0v) is 7.10. The highest BCUT2D eigenvalue weighted by atomic mass is 16.2. The van der Waals surface area contributed by atoms with Gasteiger partial charge in [0, 0.05) is 0 Å². The number of nitrogen functional groups attached to an aromatic ring is 1. The smallest absolute Gasteiger partial charge is 0.287 e. The molecule has 6 nitrogen and oxygen atoms in total. The molecule has 0 bridgehead atoms. The van der Waals surface area contributed by atoms with Crippen LogP contribution in [0.15, 0.2) is 6.20 Å². The highest BCUT2D eigenvalue weighted by Gasteiger charge is 2.21. The molecule has 0 radical (unpaired) electrons. The summed E-state index contributed by atoms with van der Waals surface area (Å²) in [5.41, 5.74) is 2.29. The standard InChI is InChI=1S/C7H11N5O/c8-9-7(13)6-4-12(11-10-6)5-2-1-3-5/h4-5H,1-3,8H2,(H,9,13). The third kappa shape index (κ3) is 1.40. The van der Waals surface area contributed by atoms with Gasteiger partial charge in [0.05, 0.1) is 12.2 Å². The number of carbonyl (C=O) groups excluding carboxylic acids is 1. The minimum atomic E-state index is -0.398. The average molecular weight is 181 g/mol. The van der Waals surface area contributed by atoms with E-state index in [1.807, 2.05) is 5.43 Å². The van der Waals surface area contributed by atoms with E-state index in [2.05, 4.69) is 10.3 Å². The van der Waals surface area contributed by atoms with E-state index in [0.29, 0.717) is 6.04 Å². The molecule has 0 spiro atoms. The molecule has 0 saturated heterocycles. The Morgan fingerprint density at radius 3 is 3.00 bits per heavy atom. The number of aromatic nitrogens is 3. The van der Waals surface area contributed by atoms with Crippen LogP contribution in [-0.4, -0.2) is 20.9 Å². The molecule has 13 heavy (non-hydrogen) atoms. The second kappa shape index (κ2) is 3.14. The number of nitrogens with zero attached hydrogens (tertiary/aromatic N) is 3. The molecule has 0 unspecified atom stereocenters. The van der Waals surface area contributed by atoms with Gasteiger partial charge < -0.3 is 0 Å². The molecule has 2 rings (SSSR count). The van der Waals surface area contributed by atoms with Gasteiger partial charge in [-0.2, -0.15) is 0 Å². The van der Waals surface area contributed by atoms with Crippen LogP contribution in [0.3, 0.4) is 0 Å². The van der Waals surface area contributed by atoms with Gasteiger partial charge in [-0.1, -0.05) is 5.21 Å². The molecular weight excluding hydrogens is 170 g/mol. The van der Waals surface area contributed by atoms with E-state index in [1.165, 1.54) is 6.42 Å². The van der Waals surface area contributed by atoms with E-state index < -0.39 is 5.91 Å². The van der Waals surface area contributed by atoms with Crippen LogP contribution >= 0.6 is 0 Å². The molecule has 1 aromatic heterocycles. The first kappa shape index (κ1) is 8.18. The molecule has 0 aromatic carbocycles. The maximum atomic E-state index is 11.0. The molecule has 1 aromatic rings. The Morgan fingerprint density at radius 1 is 1.69 bits per heavy atom. The van der Waals surface area contributed by atoms with E-state index in [1.54, 1.807) is 10.9 Å². The summed E-state index contributed by atoms with van der Waals surface area (Å²) in [6.07, 6.45) is 5.09. The number of nitrogens with two attached hydrogens (primary N) is 1. The van der Waals surface area contributed by atoms with Crippen LogP contribution in [0, 0.1) is 0 Å². The summed E-state index contributed by atoms with van der Waals surface area (Å²) in [6, 6.07) is 0.423. The fourth-order valence-electron chi connectivity index (χ4n) is 1.28. The third-order valence-electron chi connectivity index (χ3n) is 2.32. The Hall–Kier alpha value is -1.43. The Balaban J connectivity index is 2.12. The molecule has 0 atom stereocenters. The Kier molecular flexibility index (Phi) is 1.97. The highest BCUT2D eigenvalue weighted by molar-refractivity contribution is 5.91. The summed E-state index contributed by atoms with van der Waals surface area (Å²) < 4.78 is 1.73. The van der Waals surface area contributed by atoms with Crippen LogP contribution in [0.2, 0.25) is 0 Å². The predicted molar refractivity (Wildman–Crippen MR) is 44.6 cm³/mol. The van der Waals surface area contributed by atoms with E-state index in [-0.39, 0.29) is 5.69 Å². The molecule has 1 aliphatic carbocycles. The first-order valence-corrected chi connectivity index (χ1v) is 4.24. The Labute approximate surface area is 75.1 Å². The van der Waals surface area contributed by atoms with Crippen molar-refractivity contribution in [2.24, 2.45) is 5.84 Å². The van der Waals surface area contributed by atoms with Crippen LogP contribution < -0.4 is 11.3 Å². The SMILES string of the molecule is NNC(=O)c1cn(C2CCC2)nn1. The van der Waals surface area contributed by atoms with Gasteiger partial charge in [0.2, 0.25) is 0 Å². The third-order valence-corrected chi connectivity index (χ3v) is 2.32. The van der Waals surface area contributed by atoms with Gasteiger partial charge in [-0.3, -0.25) is 10.2 Å². The molecule has 1 saturated carbocycles. The van der Waals surface area contributed by atoms with Crippen molar-refractivity contribution in [3.05, 3.63) is 11.9 Å². The lowest BCUT2D eigenvalue weighted by molar-refractivity contribution is 0.0948. The molecule has 1 heterocycles. The Morgan fingerprint density at radius 2 is 2.46 bits per heavy atom. The number of hydrogen-bond donors (Lipinski definition) is 2. The molecular formula is C7H11N5O. The molecule has 6 heteroatoms. The van der Waals surface area contributed by atoms with Crippen molar-refractivity contribution in [2.45, 2.75) is 25.3 Å². The average Bonchev–Trinajstić information content (AvgIpc) is 2.49. The van der Waals surface area contributed by atoms with E-state index in [9.17, 15) is 4.79 Å². The summed E-state index contributed by atoms with van der Waals surface area (Å²) in [6.45, 7) is 0. The maximum absolute atomic E-state index is 11.0.